The maximum atomic E-state index is 12.6. The van der Waals surface area contributed by atoms with E-state index in [0.29, 0.717) is 16.8 Å². The Labute approximate surface area is 174 Å². The maximum Gasteiger partial charge on any atom is 0.338 e. The summed E-state index contributed by atoms with van der Waals surface area (Å²) in [4.78, 5) is 39.8. The van der Waals surface area contributed by atoms with Gasteiger partial charge in [0.2, 0.25) is 0 Å². The minimum atomic E-state index is -0.958. The Morgan fingerprint density at radius 3 is 2.43 bits per heavy atom. The first-order valence-corrected chi connectivity index (χ1v) is 10.2. The summed E-state index contributed by atoms with van der Waals surface area (Å²) in [6, 6.07) is 12.0. The molecular weight excluding hydrogens is 380 g/mol. The number of ether oxygens (including phenoxy) is 1. The number of hydrogen-bond acceptors (Lipinski definition) is 4. The van der Waals surface area contributed by atoms with Crippen molar-refractivity contribution in [2.24, 2.45) is 0 Å². The molecular formula is C24H24N2O4. The van der Waals surface area contributed by atoms with Crippen LogP contribution in [0.25, 0.3) is 10.9 Å². The second kappa shape index (κ2) is 8.14. The van der Waals surface area contributed by atoms with Crippen LogP contribution in [-0.2, 0) is 22.4 Å². The quantitative estimate of drug-likeness (QED) is 0.486. The van der Waals surface area contributed by atoms with Crippen LogP contribution < -0.4 is 5.32 Å². The van der Waals surface area contributed by atoms with Gasteiger partial charge in [-0.05, 0) is 87.6 Å². The summed E-state index contributed by atoms with van der Waals surface area (Å²) >= 11 is 0. The van der Waals surface area contributed by atoms with Gasteiger partial charge in [0.1, 0.15) is 0 Å². The van der Waals surface area contributed by atoms with E-state index in [1.165, 1.54) is 31.5 Å². The zero-order valence-electron chi connectivity index (χ0n) is 17.1. The summed E-state index contributed by atoms with van der Waals surface area (Å²) in [6.45, 7) is 3.02. The van der Waals surface area contributed by atoms with Crippen molar-refractivity contribution in [3.63, 3.8) is 0 Å². The number of rotatable bonds is 5. The molecule has 0 saturated heterocycles. The lowest BCUT2D eigenvalue weighted by atomic mass is 9.95. The number of anilines is 1. The molecule has 4 rings (SSSR count). The molecule has 6 heteroatoms. The van der Waals surface area contributed by atoms with E-state index in [1.807, 2.05) is 12.1 Å². The summed E-state index contributed by atoms with van der Waals surface area (Å²) in [7, 11) is 0. The third-order valence-electron chi connectivity index (χ3n) is 5.55. The van der Waals surface area contributed by atoms with Gasteiger partial charge >= 0.3 is 5.97 Å². The molecule has 1 heterocycles. The zero-order valence-corrected chi connectivity index (χ0v) is 17.1. The Balaban J connectivity index is 1.43. The molecule has 1 aliphatic rings. The van der Waals surface area contributed by atoms with Crippen molar-refractivity contribution < 1.29 is 19.1 Å². The fraction of sp³-hybridized carbons (Fsp3) is 0.292. The lowest BCUT2D eigenvalue weighted by Gasteiger charge is -2.14. The topological polar surface area (TPSA) is 88.3 Å². The van der Waals surface area contributed by atoms with Crippen LogP contribution in [0, 0.1) is 0 Å². The van der Waals surface area contributed by atoms with Crippen LogP contribution in [0.5, 0.6) is 0 Å². The van der Waals surface area contributed by atoms with Crippen molar-refractivity contribution in [2.45, 2.75) is 45.6 Å². The Hall–Kier alpha value is -3.41. The second-order valence-electron chi connectivity index (χ2n) is 7.72. The zero-order chi connectivity index (χ0) is 21.3. The minimum Gasteiger partial charge on any atom is -0.449 e. The molecule has 1 atom stereocenters. The van der Waals surface area contributed by atoms with E-state index in [9.17, 15) is 14.4 Å². The lowest BCUT2D eigenvalue weighted by molar-refractivity contribution is -0.123. The summed E-state index contributed by atoms with van der Waals surface area (Å²) < 4.78 is 5.39. The standard InChI is InChI=1S/C24H24N2O4/c1-14(27)16-7-10-18(11-8-16)25-23(28)15(2)30-24(29)17-9-12-22-20(13-17)19-5-3-4-6-21(19)26-22/h7-13,15,26H,3-6H2,1-2H3,(H,25,28). The number of amides is 1. The highest BCUT2D eigenvalue weighted by atomic mass is 16.5. The van der Waals surface area contributed by atoms with E-state index >= 15 is 0 Å². The van der Waals surface area contributed by atoms with E-state index in [2.05, 4.69) is 10.3 Å². The molecule has 1 aromatic heterocycles. The first-order valence-electron chi connectivity index (χ1n) is 10.2. The van der Waals surface area contributed by atoms with Gasteiger partial charge in [-0.15, -0.1) is 0 Å². The number of carbonyl (C=O) groups excluding carboxylic acids is 3. The molecule has 1 aliphatic carbocycles. The third kappa shape index (κ3) is 3.99. The number of benzene rings is 2. The summed E-state index contributed by atoms with van der Waals surface area (Å²) in [6.07, 6.45) is 3.42. The van der Waals surface area contributed by atoms with Crippen LogP contribution in [0.3, 0.4) is 0 Å². The molecule has 154 valence electrons. The number of aryl methyl sites for hydroxylation is 2. The summed E-state index contributed by atoms with van der Waals surface area (Å²) in [5.41, 5.74) is 5.10. The van der Waals surface area contributed by atoms with Gasteiger partial charge < -0.3 is 15.0 Å². The Bertz CT molecular complexity index is 1130. The molecule has 6 nitrogen and oxygen atoms in total. The van der Waals surface area contributed by atoms with Gasteiger partial charge in [-0.25, -0.2) is 4.79 Å². The SMILES string of the molecule is CC(=O)c1ccc(NC(=O)C(C)OC(=O)c2ccc3[nH]c4c(c3c2)CCCC4)cc1. The number of H-pyrrole nitrogens is 1. The lowest BCUT2D eigenvalue weighted by Crippen LogP contribution is -2.30. The van der Waals surface area contributed by atoms with Gasteiger partial charge in [0, 0.05) is 27.8 Å². The first-order chi connectivity index (χ1) is 14.4. The molecule has 0 bridgehead atoms. The van der Waals surface area contributed by atoms with E-state index in [0.717, 1.165) is 30.2 Å². The molecule has 0 fully saturated rings. The fourth-order valence-electron chi connectivity index (χ4n) is 3.85. The van der Waals surface area contributed by atoms with Crippen LogP contribution >= 0.6 is 0 Å². The predicted octanol–water partition coefficient (Wildman–Crippen LogP) is 4.43. The van der Waals surface area contributed by atoms with Gasteiger partial charge in [0.15, 0.2) is 11.9 Å². The molecule has 2 aromatic carbocycles. The maximum absolute atomic E-state index is 12.6. The number of esters is 1. The molecule has 1 unspecified atom stereocenters. The molecule has 30 heavy (non-hydrogen) atoms. The van der Waals surface area contributed by atoms with E-state index in [4.69, 9.17) is 4.74 Å². The van der Waals surface area contributed by atoms with Crippen molar-refractivity contribution in [3.05, 3.63) is 64.8 Å². The number of ketones is 1. The van der Waals surface area contributed by atoms with Gasteiger partial charge in [0.05, 0.1) is 5.56 Å². The fourth-order valence-corrected chi connectivity index (χ4v) is 3.85. The van der Waals surface area contributed by atoms with Crippen molar-refractivity contribution in [3.8, 4) is 0 Å². The summed E-state index contributed by atoms with van der Waals surface area (Å²) in [5.74, 6) is -1.01. The largest absolute Gasteiger partial charge is 0.449 e. The van der Waals surface area contributed by atoms with Crippen molar-refractivity contribution in [1.29, 1.82) is 0 Å². The molecule has 1 amide bonds. The van der Waals surface area contributed by atoms with Crippen LogP contribution in [0.1, 0.15) is 58.7 Å². The molecule has 0 aliphatic heterocycles. The van der Waals surface area contributed by atoms with Crippen LogP contribution in [0.4, 0.5) is 5.69 Å². The third-order valence-corrected chi connectivity index (χ3v) is 5.55. The molecule has 3 aromatic rings. The molecule has 2 N–H and O–H groups in total. The van der Waals surface area contributed by atoms with Crippen molar-refractivity contribution in [1.82, 2.24) is 4.98 Å². The molecule has 0 spiro atoms. The Kier molecular flexibility index (Phi) is 5.40. The monoisotopic (exact) mass is 404 g/mol. The van der Waals surface area contributed by atoms with E-state index in [1.54, 1.807) is 30.3 Å². The Morgan fingerprint density at radius 1 is 1.00 bits per heavy atom. The molecule has 0 saturated carbocycles. The Morgan fingerprint density at radius 2 is 1.70 bits per heavy atom. The average molecular weight is 404 g/mol. The number of aromatic amines is 1. The van der Waals surface area contributed by atoms with Crippen molar-refractivity contribution in [2.75, 3.05) is 5.32 Å². The predicted molar refractivity (Wildman–Crippen MR) is 115 cm³/mol. The van der Waals surface area contributed by atoms with Gasteiger partial charge in [-0.1, -0.05) is 0 Å². The highest BCUT2D eigenvalue weighted by Crippen LogP contribution is 2.30. The molecule has 0 radical (unpaired) electrons. The van der Waals surface area contributed by atoms with Gasteiger partial charge in [-0.3, -0.25) is 9.59 Å². The number of aromatic nitrogens is 1. The smallest absolute Gasteiger partial charge is 0.338 e. The summed E-state index contributed by atoms with van der Waals surface area (Å²) in [5, 5.41) is 3.76. The van der Waals surface area contributed by atoms with E-state index in [-0.39, 0.29) is 5.78 Å². The highest BCUT2D eigenvalue weighted by molar-refractivity contribution is 6.00. The normalized spacial score (nSPS) is 14.1. The average Bonchev–Trinajstić information content (AvgIpc) is 3.12. The second-order valence-corrected chi connectivity index (χ2v) is 7.72. The number of carbonyl (C=O) groups is 3. The highest BCUT2D eigenvalue weighted by Gasteiger charge is 2.21. The van der Waals surface area contributed by atoms with Crippen LogP contribution in [-0.4, -0.2) is 28.7 Å². The first kappa shape index (κ1) is 19.9. The van der Waals surface area contributed by atoms with Crippen LogP contribution in [0.2, 0.25) is 0 Å². The minimum absolute atomic E-state index is 0.0455. The number of Topliss-reactive ketones (excluding diaryl/α,β-unsaturated/α-hetero) is 1. The van der Waals surface area contributed by atoms with Gasteiger partial charge in [-0.2, -0.15) is 0 Å². The number of nitrogens with one attached hydrogen (secondary N) is 2. The van der Waals surface area contributed by atoms with E-state index < -0.39 is 18.0 Å². The van der Waals surface area contributed by atoms with Gasteiger partial charge in [0.25, 0.3) is 5.91 Å². The number of fused-ring (bicyclic) bond motifs is 3. The van der Waals surface area contributed by atoms with Crippen LogP contribution in [0.15, 0.2) is 42.5 Å². The van der Waals surface area contributed by atoms with Crippen molar-refractivity contribution >= 4 is 34.3 Å². The number of hydrogen-bond donors (Lipinski definition) is 2.